The van der Waals surface area contributed by atoms with Gasteiger partial charge in [-0.2, -0.15) is 0 Å². The van der Waals surface area contributed by atoms with Crippen LogP contribution in [0.25, 0.3) is 0 Å². The predicted octanol–water partition coefficient (Wildman–Crippen LogP) is 3.50. The molecule has 5 atom stereocenters. The lowest BCUT2D eigenvalue weighted by molar-refractivity contribution is 0.0388. The summed E-state index contributed by atoms with van der Waals surface area (Å²) in [5.41, 5.74) is 2.00. The third kappa shape index (κ3) is 3.96. The number of anilines is 2. The Hall–Kier alpha value is -2.28. The Labute approximate surface area is 190 Å². The molecule has 0 radical (unpaired) electrons. The molecule has 2 saturated carbocycles. The zero-order valence-electron chi connectivity index (χ0n) is 19.1. The first-order valence-corrected chi connectivity index (χ1v) is 12.5. The Kier molecular flexibility index (Phi) is 5.45. The van der Waals surface area contributed by atoms with Crippen molar-refractivity contribution in [3.63, 3.8) is 0 Å². The van der Waals surface area contributed by atoms with E-state index in [2.05, 4.69) is 31.7 Å². The van der Waals surface area contributed by atoms with Crippen LogP contribution in [0.3, 0.4) is 0 Å². The molecule has 1 unspecified atom stereocenters. The molecule has 2 aliphatic carbocycles. The molecule has 0 bridgehead atoms. The zero-order valence-corrected chi connectivity index (χ0v) is 19.1. The Morgan fingerprint density at radius 2 is 1.31 bits per heavy atom. The first kappa shape index (κ1) is 20.3. The number of rotatable bonds is 6. The lowest BCUT2D eigenvalue weighted by atomic mass is 10.0. The average molecular weight is 435 g/mol. The summed E-state index contributed by atoms with van der Waals surface area (Å²) in [6, 6.07) is 0. The second-order valence-corrected chi connectivity index (χ2v) is 10.3. The van der Waals surface area contributed by atoms with Gasteiger partial charge < -0.3 is 14.5 Å². The molecule has 0 aromatic carbocycles. The number of hydrogen-bond acceptors (Lipinski definition) is 7. The fourth-order valence-corrected chi connectivity index (χ4v) is 6.47. The van der Waals surface area contributed by atoms with E-state index in [1.807, 2.05) is 24.8 Å². The first-order chi connectivity index (χ1) is 15.7. The number of aryl methyl sites for hydroxylation is 1. The summed E-state index contributed by atoms with van der Waals surface area (Å²) in [7, 11) is 0. The highest BCUT2D eigenvalue weighted by molar-refractivity contribution is 5.39. The molecule has 7 heteroatoms. The van der Waals surface area contributed by atoms with Crippen LogP contribution < -0.4 is 9.80 Å². The summed E-state index contributed by atoms with van der Waals surface area (Å²) in [4.78, 5) is 23.3. The van der Waals surface area contributed by atoms with Gasteiger partial charge in [0, 0.05) is 26.2 Å². The van der Waals surface area contributed by atoms with Crippen molar-refractivity contribution in [3.8, 4) is 0 Å². The van der Waals surface area contributed by atoms with E-state index in [0.717, 1.165) is 80.3 Å². The highest BCUT2D eigenvalue weighted by atomic mass is 16.5. The molecule has 2 saturated heterocycles. The molecule has 4 fully saturated rings. The number of aromatic nitrogens is 4. The number of ether oxygens (including phenoxy) is 1. The summed E-state index contributed by atoms with van der Waals surface area (Å²) in [5, 5.41) is 0. The summed E-state index contributed by atoms with van der Waals surface area (Å²) in [5.74, 6) is 5.19. The summed E-state index contributed by atoms with van der Waals surface area (Å²) >= 11 is 0. The first-order valence-electron chi connectivity index (χ1n) is 12.5. The summed E-state index contributed by atoms with van der Waals surface area (Å²) < 4.78 is 6.26. The van der Waals surface area contributed by atoms with Gasteiger partial charge in [-0.1, -0.05) is 13.3 Å². The molecule has 2 aromatic rings. The van der Waals surface area contributed by atoms with Crippen LogP contribution in [0.1, 0.15) is 50.4 Å². The van der Waals surface area contributed by atoms with Crippen molar-refractivity contribution in [2.75, 3.05) is 36.0 Å². The van der Waals surface area contributed by atoms with Crippen LogP contribution in [0.4, 0.5) is 11.6 Å². The van der Waals surface area contributed by atoms with Gasteiger partial charge in [-0.3, -0.25) is 9.97 Å². The SMILES string of the molecule is CCc1cnc(N2C[C@H]3CC(OCc4cnc(N5C[C@H]6CCC[C@H]6C5)cn4)C[C@H]3C2)cn1. The highest BCUT2D eigenvalue weighted by Crippen LogP contribution is 2.41. The smallest absolute Gasteiger partial charge is 0.147 e. The number of fused-ring (bicyclic) bond motifs is 2. The molecule has 2 aromatic heterocycles. The Bertz CT molecular complexity index is 893. The maximum atomic E-state index is 6.26. The van der Waals surface area contributed by atoms with Crippen molar-refractivity contribution >= 4 is 11.6 Å². The van der Waals surface area contributed by atoms with Crippen molar-refractivity contribution in [2.24, 2.45) is 23.7 Å². The Morgan fingerprint density at radius 1 is 0.750 bits per heavy atom. The van der Waals surface area contributed by atoms with E-state index in [0.29, 0.717) is 24.5 Å². The van der Waals surface area contributed by atoms with Gasteiger partial charge in [0.15, 0.2) is 0 Å². The minimum atomic E-state index is 0.333. The largest absolute Gasteiger partial charge is 0.372 e. The molecule has 2 aliphatic heterocycles. The zero-order chi connectivity index (χ0) is 21.5. The summed E-state index contributed by atoms with van der Waals surface area (Å²) in [6.07, 6.45) is 15.4. The van der Waals surface area contributed by atoms with Gasteiger partial charge in [0.25, 0.3) is 0 Å². The van der Waals surface area contributed by atoms with E-state index >= 15 is 0 Å². The molecular formula is C25H34N6O. The second-order valence-electron chi connectivity index (χ2n) is 10.3. The van der Waals surface area contributed by atoms with E-state index in [-0.39, 0.29) is 0 Å². The van der Waals surface area contributed by atoms with Crippen LogP contribution in [0, 0.1) is 23.7 Å². The molecule has 4 aliphatic rings. The van der Waals surface area contributed by atoms with Crippen LogP contribution in [0.15, 0.2) is 24.8 Å². The van der Waals surface area contributed by atoms with Crippen molar-refractivity contribution in [1.29, 1.82) is 0 Å². The molecule has 0 amide bonds. The molecule has 0 spiro atoms. The van der Waals surface area contributed by atoms with Crippen LogP contribution in [-0.4, -0.2) is 52.2 Å². The van der Waals surface area contributed by atoms with E-state index in [9.17, 15) is 0 Å². The van der Waals surface area contributed by atoms with Crippen LogP contribution in [0.2, 0.25) is 0 Å². The highest BCUT2D eigenvalue weighted by Gasteiger charge is 2.42. The molecule has 0 N–H and O–H groups in total. The van der Waals surface area contributed by atoms with Gasteiger partial charge in [-0.15, -0.1) is 0 Å². The van der Waals surface area contributed by atoms with Gasteiger partial charge in [0.1, 0.15) is 11.6 Å². The maximum absolute atomic E-state index is 6.26. The number of nitrogens with zero attached hydrogens (tertiary/aromatic N) is 6. The van der Waals surface area contributed by atoms with Crippen LogP contribution in [0.5, 0.6) is 0 Å². The van der Waals surface area contributed by atoms with E-state index < -0.39 is 0 Å². The van der Waals surface area contributed by atoms with Gasteiger partial charge in [0.05, 0.1) is 48.9 Å². The molecule has 7 nitrogen and oxygen atoms in total. The second kappa shape index (κ2) is 8.58. The van der Waals surface area contributed by atoms with Gasteiger partial charge >= 0.3 is 0 Å². The number of hydrogen-bond donors (Lipinski definition) is 0. The van der Waals surface area contributed by atoms with E-state index in [4.69, 9.17) is 9.72 Å². The van der Waals surface area contributed by atoms with Crippen molar-refractivity contribution < 1.29 is 4.74 Å². The molecular weight excluding hydrogens is 400 g/mol. The van der Waals surface area contributed by atoms with E-state index in [1.165, 1.54) is 19.3 Å². The van der Waals surface area contributed by atoms with Gasteiger partial charge in [-0.25, -0.2) is 9.97 Å². The monoisotopic (exact) mass is 434 g/mol. The predicted molar refractivity (Wildman–Crippen MR) is 123 cm³/mol. The summed E-state index contributed by atoms with van der Waals surface area (Å²) in [6.45, 7) is 7.13. The minimum Gasteiger partial charge on any atom is -0.372 e. The maximum Gasteiger partial charge on any atom is 0.147 e. The van der Waals surface area contributed by atoms with Crippen molar-refractivity contribution in [1.82, 2.24) is 19.9 Å². The standard InChI is InChI=1S/C25H34N6O/c1-2-21-8-28-24(10-26-21)31-14-19-6-23(7-20(19)15-31)32-16-22-9-29-25(11-27-22)30-12-17-4-3-5-18(17)13-30/h8-11,17-20,23H,2-7,12-16H2,1H3/t17-,18+,19-,20+,23?. The van der Waals surface area contributed by atoms with Crippen LogP contribution >= 0.6 is 0 Å². The minimum absolute atomic E-state index is 0.333. The lowest BCUT2D eigenvalue weighted by Crippen LogP contribution is -2.24. The van der Waals surface area contributed by atoms with Crippen LogP contribution in [-0.2, 0) is 17.8 Å². The molecule has 170 valence electrons. The fourth-order valence-electron chi connectivity index (χ4n) is 6.47. The third-order valence-corrected chi connectivity index (χ3v) is 8.29. The van der Waals surface area contributed by atoms with Crippen molar-refractivity contribution in [3.05, 3.63) is 36.2 Å². The van der Waals surface area contributed by atoms with Crippen molar-refractivity contribution in [2.45, 2.75) is 58.2 Å². The fraction of sp³-hybridized carbons (Fsp3) is 0.680. The topological polar surface area (TPSA) is 67.3 Å². The van der Waals surface area contributed by atoms with Gasteiger partial charge in [-0.05, 0) is 55.8 Å². The lowest BCUT2D eigenvalue weighted by Gasteiger charge is -2.20. The Balaban J connectivity index is 0.978. The quantitative estimate of drug-likeness (QED) is 0.689. The average Bonchev–Trinajstić information content (AvgIpc) is 3.58. The van der Waals surface area contributed by atoms with Gasteiger partial charge in [0.2, 0.25) is 0 Å². The Morgan fingerprint density at radius 3 is 1.84 bits per heavy atom. The third-order valence-electron chi connectivity index (χ3n) is 8.29. The van der Waals surface area contributed by atoms with E-state index in [1.54, 1.807) is 0 Å². The molecule has 4 heterocycles. The normalized spacial score (nSPS) is 31.3. The molecule has 6 rings (SSSR count). The molecule has 32 heavy (non-hydrogen) atoms.